The first-order valence-electron chi connectivity index (χ1n) is 8.07. The monoisotopic (exact) mass is 422 g/mol. The molecule has 0 spiro atoms. The van der Waals surface area contributed by atoms with E-state index < -0.39 is 23.6 Å². The highest BCUT2D eigenvalue weighted by molar-refractivity contribution is 9.10. The van der Waals surface area contributed by atoms with Gasteiger partial charge in [0, 0.05) is 4.47 Å². The van der Waals surface area contributed by atoms with Crippen LogP contribution in [0.25, 0.3) is 0 Å². The smallest absolute Gasteiger partial charge is 0.325 e. The van der Waals surface area contributed by atoms with Crippen LogP contribution in [0.15, 0.2) is 45.3 Å². The molecule has 7 nitrogen and oxygen atoms in total. The third kappa shape index (κ3) is 3.61. The number of ether oxygens (including phenoxy) is 1. The second kappa shape index (κ2) is 7.13. The van der Waals surface area contributed by atoms with Gasteiger partial charge in [0.2, 0.25) is 0 Å². The van der Waals surface area contributed by atoms with Crippen molar-refractivity contribution in [3.8, 4) is 5.75 Å². The van der Waals surface area contributed by atoms with Crippen LogP contribution in [0.4, 0.5) is 4.79 Å². The fraction of sp³-hybridized carbons (Fsp3) is 0.333. The number of aliphatic hydroxyl groups is 1. The molecule has 2 heterocycles. The molecule has 138 valence electrons. The maximum atomic E-state index is 12.7. The van der Waals surface area contributed by atoms with E-state index in [0.717, 1.165) is 9.37 Å². The summed E-state index contributed by atoms with van der Waals surface area (Å²) in [5, 5.41) is 12.8. The van der Waals surface area contributed by atoms with Gasteiger partial charge in [0.25, 0.3) is 5.91 Å². The minimum Gasteiger partial charge on any atom is -0.491 e. The van der Waals surface area contributed by atoms with E-state index in [2.05, 4.69) is 21.2 Å². The molecule has 1 aliphatic heterocycles. The van der Waals surface area contributed by atoms with Gasteiger partial charge in [-0.15, -0.1) is 0 Å². The maximum absolute atomic E-state index is 12.7. The molecule has 1 aromatic heterocycles. The van der Waals surface area contributed by atoms with Crippen LogP contribution < -0.4 is 10.1 Å². The molecule has 8 heteroatoms. The van der Waals surface area contributed by atoms with E-state index in [9.17, 15) is 14.7 Å². The summed E-state index contributed by atoms with van der Waals surface area (Å²) in [6, 6.07) is 9.98. The van der Waals surface area contributed by atoms with Crippen molar-refractivity contribution in [3.05, 3.63) is 52.4 Å². The Balaban J connectivity index is 1.64. The van der Waals surface area contributed by atoms with Crippen molar-refractivity contribution in [2.75, 3.05) is 13.2 Å². The summed E-state index contributed by atoms with van der Waals surface area (Å²) >= 11 is 3.34. The number of amides is 3. The van der Waals surface area contributed by atoms with Crippen molar-refractivity contribution in [2.45, 2.75) is 25.5 Å². The third-order valence-electron chi connectivity index (χ3n) is 4.14. The Kier molecular flexibility index (Phi) is 5.06. The average Bonchev–Trinajstić information content (AvgIpc) is 3.11. The van der Waals surface area contributed by atoms with Crippen molar-refractivity contribution in [1.29, 1.82) is 0 Å². The zero-order chi connectivity index (χ0) is 18.9. The van der Waals surface area contributed by atoms with Crippen LogP contribution in [-0.2, 0) is 10.3 Å². The van der Waals surface area contributed by atoms with Crippen LogP contribution in [0, 0.1) is 6.92 Å². The van der Waals surface area contributed by atoms with E-state index >= 15 is 0 Å². The molecule has 0 radical (unpaired) electrons. The summed E-state index contributed by atoms with van der Waals surface area (Å²) in [6.45, 7) is 3.11. The molecular formula is C18H19BrN2O5. The molecule has 3 rings (SSSR count). The predicted octanol–water partition coefficient (Wildman–Crippen LogP) is 2.56. The van der Waals surface area contributed by atoms with E-state index in [1.807, 2.05) is 6.07 Å². The molecule has 1 fully saturated rings. The quantitative estimate of drug-likeness (QED) is 0.697. The third-order valence-corrected chi connectivity index (χ3v) is 4.63. The Bertz CT molecular complexity index is 836. The number of nitrogens with zero attached hydrogens (tertiary/aromatic N) is 1. The molecule has 1 aliphatic rings. The average molecular weight is 423 g/mol. The first-order valence-corrected chi connectivity index (χ1v) is 8.86. The molecule has 1 saturated heterocycles. The van der Waals surface area contributed by atoms with E-state index in [4.69, 9.17) is 9.15 Å². The van der Waals surface area contributed by atoms with Gasteiger partial charge >= 0.3 is 6.03 Å². The van der Waals surface area contributed by atoms with Gasteiger partial charge in [-0.3, -0.25) is 9.69 Å². The number of benzene rings is 1. The van der Waals surface area contributed by atoms with Crippen LogP contribution in [0.2, 0.25) is 0 Å². The van der Waals surface area contributed by atoms with Gasteiger partial charge in [-0.2, -0.15) is 0 Å². The lowest BCUT2D eigenvalue weighted by atomic mass is 9.99. The Hall–Kier alpha value is -2.32. The molecule has 2 unspecified atom stereocenters. The van der Waals surface area contributed by atoms with Gasteiger partial charge in [0.1, 0.15) is 30.0 Å². The number of carbonyl (C=O) groups is 2. The number of halogens is 1. The molecular weight excluding hydrogens is 404 g/mol. The minimum atomic E-state index is -1.28. The van der Waals surface area contributed by atoms with Gasteiger partial charge in [-0.25, -0.2) is 4.79 Å². The van der Waals surface area contributed by atoms with Crippen LogP contribution in [0.1, 0.15) is 18.4 Å². The van der Waals surface area contributed by atoms with Gasteiger partial charge in [-0.05, 0) is 44.2 Å². The summed E-state index contributed by atoms with van der Waals surface area (Å²) in [7, 11) is 0. The molecule has 2 N–H and O–H groups in total. The van der Waals surface area contributed by atoms with E-state index in [0.29, 0.717) is 17.3 Å². The summed E-state index contributed by atoms with van der Waals surface area (Å²) in [5.74, 6) is 1.10. The number of aryl methyl sites for hydroxylation is 1. The van der Waals surface area contributed by atoms with Crippen LogP contribution in [-0.4, -0.2) is 41.2 Å². The van der Waals surface area contributed by atoms with Gasteiger partial charge in [0.15, 0.2) is 5.54 Å². The Morgan fingerprint density at radius 3 is 2.77 bits per heavy atom. The fourth-order valence-electron chi connectivity index (χ4n) is 2.75. The number of nitrogens with one attached hydrogen (secondary N) is 1. The van der Waals surface area contributed by atoms with Crippen LogP contribution in [0.3, 0.4) is 0 Å². The van der Waals surface area contributed by atoms with E-state index in [1.54, 1.807) is 44.2 Å². The molecule has 0 saturated carbocycles. The van der Waals surface area contributed by atoms with Crippen molar-refractivity contribution >= 4 is 27.9 Å². The Morgan fingerprint density at radius 1 is 1.35 bits per heavy atom. The number of rotatable bonds is 6. The number of β-amino-alcohol motifs (C(OH)–C–C–N with tert-alkyl or cyclic N) is 1. The summed E-state index contributed by atoms with van der Waals surface area (Å²) < 4.78 is 11.9. The highest BCUT2D eigenvalue weighted by Crippen LogP contribution is 2.30. The summed E-state index contributed by atoms with van der Waals surface area (Å²) in [6.07, 6.45) is -1.02. The Morgan fingerprint density at radius 2 is 2.12 bits per heavy atom. The maximum Gasteiger partial charge on any atom is 0.325 e. The molecule has 0 bridgehead atoms. The van der Waals surface area contributed by atoms with Crippen molar-refractivity contribution in [1.82, 2.24) is 10.2 Å². The van der Waals surface area contributed by atoms with Crippen molar-refractivity contribution in [2.24, 2.45) is 0 Å². The molecule has 2 atom stereocenters. The van der Waals surface area contributed by atoms with Gasteiger partial charge in [-0.1, -0.05) is 22.0 Å². The number of carbonyl (C=O) groups excluding carboxylic acids is 2. The topological polar surface area (TPSA) is 92.0 Å². The summed E-state index contributed by atoms with van der Waals surface area (Å²) in [5.41, 5.74) is -1.28. The number of hydrogen-bond acceptors (Lipinski definition) is 5. The largest absolute Gasteiger partial charge is 0.491 e. The lowest BCUT2D eigenvalue weighted by molar-refractivity contribution is -0.132. The molecule has 2 aromatic rings. The standard InChI is InChI=1S/C18H19BrN2O5/c1-11-6-7-15(26-11)18(2)16(23)21(17(24)20-18)9-13(22)10-25-14-5-3-4-12(19)8-14/h3-8,13,22H,9-10H2,1-2H3,(H,20,24). The number of urea groups is 1. The van der Waals surface area contributed by atoms with Crippen molar-refractivity contribution in [3.63, 3.8) is 0 Å². The molecule has 1 aromatic carbocycles. The predicted molar refractivity (Wildman–Crippen MR) is 96.7 cm³/mol. The molecule has 3 amide bonds. The number of hydrogen-bond donors (Lipinski definition) is 2. The van der Waals surface area contributed by atoms with Crippen molar-refractivity contribution < 1.29 is 23.8 Å². The number of imide groups is 1. The SMILES string of the molecule is Cc1ccc(C2(C)NC(=O)N(CC(O)COc3cccc(Br)c3)C2=O)o1. The number of furan rings is 1. The minimum absolute atomic E-state index is 0.0515. The lowest BCUT2D eigenvalue weighted by Gasteiger charge is -2.21. The highest BCUT2D eigenvalue weighted by Gasteiger charge is 2.51. The first-order chi connectivity index (χ1) is 12.3. The molecule has 26 heavy (non-hydrogen) atoms. The Labute approximate surface area is 159 Å². The van der Waals surface area contributed by atoms with E-state index in [-0.39, 0.29) is 13.2 Å². The van der Waals surface area contributed by atoms with Gasteiger partial charge < -0.3 is 19.6 Å². The van der Waals surface area contributed by atoms with E-state index in [1.165, 1.54) is 0 Å². The van der Waals surface area contributed by atoms with Gasteiger partial charge in [0.05, 0.1) is 6.54 Å². The summed E-state index contributed by atoms with van der Waals surface area (Å²) in [4.78, 5) is 25.9. The second-order valence-corrected chi connectivity index (χ2v) is 7.22. The second-order valence-electron chi connectivity index (χ2n) is 6.30. The number of aliphatic hydroxyl groups excluding tert-OH is 1. The van der Waals surface area contributed by atoms with Crippen LogP contribution >= 0.6 is 15.9 Å². The lowest BCUT2D eigenvalue weighted by Crippen LogP contribution is -2.42. The molecule has 0 aliphatic carbocycles. The first kappa shape index (κ1) is 18.5. The van der Waals surface area contributed by atoms with Crippen LogP contribution in [0.5, 0.6) is 5.75 Å². The highest BCUT2D eigenvalue weighted by atomic mass is 79.9. The zero-order valence-electron chi connectivity index (χ0n) is 14.4. The zero-order valence-corrected chi connectivity index (χ0v) is 15.9. The normalized spacial score (nSPS) is 21.0. The fourth-order valence-corrected chi connectivity index (χ4v) is 3.12.